The second kappa shape index (κ2) is 6.58. The van der Waals surface area contributed by atoms with Crippen LogP contribution in [-0.4, -0.2) is 34.5 Å². The van der Waals surface area contributed by atoms with Crippen LogP contribution in [0.1, 0.15) is 37.2 Å². The van der Waals surface area contributed by atoms with Crippen LogP contribution in [0.2, 0.25) is 0 Å². The molecule has 0 fully saturated rings. The van der Waals surface area contributed by atoms with Gasteiger partial charge in [0, 0.05) is 23.4 Å². The highest BCUT2D eigenvalue weighted by Crippen LogP contribution is 2.25. The van der Waals surface area contributed by atoms with Gasteiger partial charge in [0.15, 0.2) is 5.82 Å². The molecule has 0 saturated carbocycles. The molecule has 2 heterocycles. The van der Waals surface area contributed by atoms with Crippen LogP contribution in [0, 0.1) is 6.92 Å². The third-order valence-corrected chi connectivity index (χ3v) is 4.25. The minimum Gasteiger partial charge on any atom is -0.360 e. The fraction of sp³-hybridized carbons (Fsp3) is 0.533. The van der Waals surface area contributed by atoms with Crippen molar-refractivity contribution in [2.75, 3.05) is 18.9 Å². The van der Waals surface area contributed by atoms with Crippen molar-refractivity contribution in [2.45, 2.75) is 39.7 Å². The summed E-state index contributed by atoms with van der Waals surface area (Å²) >= 11 is 1.66. The molecule has 0 spiro atoms. The fourth-order valence-corrected chi connectivity index (χ4v) is 2.81. The molecule has 2 aromatic heterocycles. The first-order chi connectivity index (χ1) is 10.2. The van der Waals surface area contributed by atoms with Crippen LogP contribution < -0.4 is 5.32 Å². The molecule has 0 saturated heterocycles. The molecule has 0 atom stereocenters. The molecular formula is C15H22N4O2S. The van der Waals surface area contributed by atoms with Gasteiger partial charge in [0.2, 0.25) is 5.91 Å². The van der Waals surface area contributed by atoms with Crippen molar-refractivity contribution in [3.8, 4) is 0 Å². The van der Waals surface area contributed by atoms with Gasteiger partial charge in [-0.15, -0.1) is 11.3 Å². The number of carbonyl (C=O) groups excluding carboxylic acids is 1. The quantitative estimate of drug-likeness (QED) is 0.916. The summed E-state index contributed by atoms with van der Waals surface area (Å²) < 4.78 is 4.91. The SMILES string of the molecule is Cc1cc(NC(=O)CN(C)Cc2csc(C(C)(C)C)n2)no1. The first kappa shape index (κ1) is 16.6. The maximum atomic E-state index is 11.9. The van der Waals surface area contributed by atoms with Crippen LogP contribution in [0.3, 0.4) is 0 Å². The number of carbonyl (C=O) groups is 1. The minimum atomic E-state index is -0.123. The number of likely N-dealkylation sites (N-methyl/N-ethyl adjacent to an activating group) is 1. The first-order valence-electron chi connectivity index (χ1n) is 7.10. The molecular weight excluding hydrogens is 300 g/mol. The summed E-state index contributed by atoms with van der Waals surface area (Å²) in [5.74, 6) is 0.988. The van der Waals surface area contributed by atoms with Gasteiger partial charge in [-0.3, -0.25) is 9.69 Å². The summed E-state index contributed by atoms with van der Waals surface area (Å²) in [6.07, 6.45) is 0. The van der Waals surface area contributed by atoms with E-state index >= 15 is 0 Å². The third kappa shape index (κ3) is 4.64. The second-order valence-corrected chi connectivity index (χ2v) is 7.30. The number of rotatable bonds is 5. The Hall–Kier alpha value is -1.73. The molecule has 0 aliphatic heterocycles. The molecule has 0 aliphatic rings. The Balaban J connectivity index is 1.85. The lowest BCUT2D eigenvalue weighted by atomic mass is 9.98. The summed E-state index contributed by atoms with van der Waals surface area (Å²) in [7, 11) is 1.89. The summed E-state index contributed by atoms with van der Waals surface area (Å²) in [5, 5.41) is 9.61. The lowest BCUT2D eigenvalue weighted by Crippen LogP contribution is -2.30. The van der Waals surface area contributed by atoms with Crippen molar-refractivity contribution in [1.29, 1.82) is 0 Å². The van der Waals surface area contributed by atoms with E-state index in [0.29, 0.717) is 18.1 Å². The molecule has 0 unspecified atom stereocenters. The van der Waals surface area contributed by atoms with Crippen LogP contribution in [-0.2, 0) is 16.8 Å². The number of thiazole rings is 1. The molecule has 120 valence electrons. The van der Waals surface area contributed by atoms with E-state index in [-0.39, 0.29) is 17.9 Å². The zero-order valence-electron chi connectivity index (χ0n) is 13.6. The van der Waals surface area contributed by atoms with Crippen molar-refractivity contribution >= 4 is 23.1 Å². The molecule has 1 N–H and O–H groups in total. The Morgan fingerprint density at radius 1 is 1.45 bits per heavy atom. The van der Waals surface area contributed by atoms with Gasteiger partial charge in [0.1, 0.15) is 5.76 Å². The maximum absolute atomic E-state index is 11.9. The van der Waals surface area contributed by atoms with Crippen LogP contribution in [0.4, 0.5) is 5.82 Å². The fourth-order valence-electron chi connectivity index (χ4n) is 1.91. The molecule has 0 aliphatic carbocycles. The van der Waals surface area contributed by atoms with E-state index in [1.807, 2.05) is 11.9 Å². The topological polar surface area (TPSA) is 71.3 Å². The number of amides is 1. The predicted molar refractivity (Wildman–Crippen MR) is 87.0 cm³/mol. The summed E-state index contributed by atoms with van der Waals surface area (Å²) in [4.78, 5) is 18.5. The summed E-state index contributed by atoms with van der Waals surface area (Å²) in [6.45, 7) is 9.13. The van der Waals surface area contributed by atoms with Crippen molar-refractivity contribution in [1.82, 2.24) is 15.0 Å². The van der Waals surface area contributed by atoms with Crippen LogP contribution in [0.25, 0.3) is 0 Å². The normalized spacial score (nSPS) is 11.9. The Kier molecular flexibility index (Phi) is 4.97. The third-order valence-electron chi connectivity index (χ3n) is 2.93. The van der Waals surface area contributed by atoms with Crippen molar-refractivity contribution < 1.29 is 9.32 Å². The van der Waals surface area contributed by atoms with Crippen LogP contribution in [0.15, 0.2) is 16.0 Å². The number of aromatic nitrogens is 2. The van der Waals surface area contributed by atoms with Gasteiger partial charge in [-0.25, -0.2) is 4.98 Å². The predicted octanol–water partition coefficient (Wildman–Crippen LogP) is 2.81. The highest BCUT2D eigenvalue weighted by Gasteiger charge is 2.18. The minimum absolute atomic E-state index is 0.0592. The maximum Gasteiger partial charge on any atom is 0.239 e. The molecule has 7 heteroatoms. The van der Waals surface area contributed by atoms with E-state index in [4.69, 9.17) is 4.52 Å². The van der Waals surface area contributed by atoms with Crippen molar-refractivity contribution in [2.24, 2.45) is 0 Å². The average molecular weight is 322 g/mol. The molecule has 22 heavy (non-hydrogen) atoms. The molecule has 2 aromatic rings. The summed E-state index contributed by atoms with van der Waals surface area (Å²) in [6, 6.07) is 1.69. The highest BCUT2D eigenvalue weighted by atomic mass is 32.1. The van der Waals surface area contributed by atoms with Gasteiger partial charge < -0.3 is 9.84 Å². The first-order valence-corrected chi connectivity index (χ1v) is 7.98. The molecule has 0 aromatic carbocycles. The Morgan fingerprint density at radius 2 is 2.18 bits per heavy atom. The van der Waals surface area contributed by atoms with Gasteiger partial charge in [-0.1, -0.05) is 25.9 Å². The Morgan fingerprint density at radius 3 is 2.73 bits per heavy atom. The van der Waals surface area contributed by atoms with Gasteiger partial charge in [0.05, 0.1) is 17.2 Å². The number of hydrogen-bond donors (Lipinski definition) is 1. The number of anilines is 1. The van der Waals surface area contributed by atoms with E-state index in [0.717, 1.165) is 10.7 Å². The van der Waals surface area contributed by atoms with E-state index in [2.05, 4.69) is 41.6 Å². The average Bonchev–Trinajstić information content (AvgIpc) is 2.97. The van der Waals surface area contributed by atoms with Gasteiger partial charge in [-0.05, 0) is 14.0 Å². The molecule has 0 bridgehead atoms. The standard InChI is InChI=1S/C15H22N4O2S/c1-10-6-12(18-21-10)17-13(20)8-19(5)7-11-9-22-14(16-11)15(2,3)4/h6,9H,7-8H2,1-5H3,(H,17,18,20). The monoisotopic (exact) mass is 322 g/mol. The lowest BCUT2D eigenvalue weighted by molar-refractivity contribution is -0.117. The van der Waals surface area contributed by atoms with Crippen LogP contribution >= 0.6 is 11.3 Å². The van der Waals surface area contributed by atoms with Gasteiger partial charge in [-0.2, -0.15) is 0 Å². The second-order valence-electron chi connectivity index (χ2n) is 6.44. The highest BCUT2D eigenvalue weighted by molar-refractivity contribution is 7.09. The number of nitrogens with one attached hydrogen (secondary N) is 1. The molecule has 2 rings (SSSR count). The zero-order chi connectivity index (χ0) is 16.3. The molecule has 1 amide bonds. The largest absolute Gasteiger partial charge is 0.360 e. The Labute approximate surface area is 134 Å². The van der Waals surface area contributed by atoms with Crippen molar-refractivity contribution in [3.63, 3.8) is 0 Å². The van der Waals surface area contributed by atoms with Crippen molar-refractivity contribution in [3.05, 3.63) is 27.9 Å². The van der Waals surface area contributed by atoms with E-state index < -0.39 is 0 Å². The van der Waals surface area contributed by atoms with E-state index in [1.54, 1.807) is 24.3 Å². The number of nitrogens with zero attached hydrogens (tertiary/aromatic N) is 3. The molecule has 6 nitrogen and oxygen atoms in total. The van der Waals surface area contributed by atoms with E-state index in [9.17, 15) is 4.79 Å². The Bertz CT molecular complexity index is 642. The molecule has 0 radical (unpaired) electrons. The van der Waals surface area contributed by atoms with Gasteiger partial charge >= 0.3 is 0 Å². The smallest absolute Gasteiger partial charge is 0.239 e. The zero-order valence-corrected chi connectivity index (χ0v) is 14.5. The van der Waals surface area contributed by atoms with Crippen LogP contribution in [0.5, 0.6) is 0 Å². The number of hydrogen-bond acceptors (Lipinski definition) is 6. The van der Waals surface area contributed by atoms with E-state index in [1.165, 1.54) is 0 Å². The number of aryl methyl sites for hydroxylation is 1. The summed E-state index contributed by atoms with van der Waals surface area (Å²) in [5.41, 5.74) is 1.05. The van der Waals surface area contributed by atoms with Gasteiger partial charge in [0.25, 0.3) is 0 Å². The lowest BCUT2D eigenvalue weighted by Gasteiger charge is -2.15.